The Bertz CT molecular complexity index is 847. The maximum absolute atomic E-state index is 11.4. The van der Waals surface area contributed by atoms with Crippen LogP contribution in [0.4, 0.5) is 0 Å². The third-order valence-electron chi connectivity index (χ3n) is 3.85. The first-order valence-corrected chi connectivity index (χ1v) is 10.2. The largest absolute Gasteiger partial charge is 0.492 e. The van der Waals surface area contributed by atoms with Gasteiger partial charge in [0.15, 0.2) is 15.8 Å². The average Bonchev–Trinajstić information content (AvgIpc) is 2.62. The van der Waals surface area contributed by atoms with E-state index in [4.69, 9.17) is 4.74 Å². The molecular weight excluding hydrogens is 350 g/mol. The summed E-state index contributed by atoms with van der Waals surface area (Å²) in [6.45, 7) is 3.78. The first-order valence-electron chi connectivity index (χ1n) is 8.32. The molecule has 0 saturated carbocycles. The Balaban J connectivity index is 1.75. The summed E-state index contributed by atoms with van der Waals surface area (Å²) in [5.41, 5.74) is 2.45. The molecule has 0 aliphatic heterocycles. The second kappa shape index (κ2) is 9.24. The Morgan fingerprint density at radius 1 is 1.08 bits per heavy atom. The maximum Gasteiger partial charge on any atom is 0.191 e. The van der Waals surface area contributed by atoms with Gasteiger partial charge in [0.1, 0.15) is 12.4 Å². The monoisotopic (exact) mass is 375 g/mol. The normalized spacial score (nSPS) is 11.9. The maximum atomic E-state index is 11.4. The Labute approximate surface area is 155 Å². The smallest absolute Gasteiger partial charge is 0.191 e. The molecule has 2 N–H and O–H groups in total. The summed E-state index contributed by atoms with van der Waals surface area (Å²) in [4.78, 5) is 4.47. The van der Waals surface area contributed by atoms with E-state index in [0.29, 0.717) is 31.4 Å². The number of hydrogen-bond acceptors (Lipinski definition) is 4. The van der Waals surface area contributed by atoms with Crippen LogP contribution in [-0.4, -0.2) is 40.8 Å². The number of aliphatic imine (C=N–C) groups is 1. The van der Waals surface area contributed by atoms with E-state index >= 15 is 0 Å². The molecule has 0 aromatic heterocycles. The highest BCUT2D eigenvalue weighted by atomic mass is 32.2. The van der Waals surface area contributed by atoms with Crippen molar-refractivity contribution in [2.75, 3.05) is 26.5 Å². The number of guanidine groups is 1. The number of hydrogen-bond donors (Lipinski definition) is 2. The number of ether oxygens (including phenoxy) is 1. The molecule has 0 atom stereocenters. The fourth-order valence-corrected chi connectivity index (χ4v) is 2.96. The van der Waals surface area contributed by atoms with Crippen LogP contribution in [0.2, 0.25) is 0 Å². The number of sulfone groups is 1. The molecule has 26 heavy (non-hydrogen) atoms. The number of aryl methyl sites for hydroxylation is 1. The van der Waals surface area contributed by atoms with Crippen LogP contribution in [0.15, 0.2) is 58.4 Å². The molecule has 0 heterocycles. The van der Waals surface area contributed by atoms with Gasteiger partial charge in [0.25, 0.3) is 0 Å². The molecule has 7 heteroatoms. The quantitative estimate of drug-likeness (QED) is 0.440. The summed E-state index contributed by atoms with van der Waals surface area (Å²) in [5.74, 6) is 1.33. The van der Waals surface area contributed by atoms with Crippen molar-refractivity contribution in [2.45, 2.75) is 18.4 Å². The van der Waals surface area contributed by atoms with Gasteiger partial charge < -0.3 is 15.4 Å². The van der Waals surface area contributed by atoms with Crippen LogP contribution in [0.25, 0.3) is 0 Å². The molecule has 0 aliphatic rings. The lowest BCUT2D eigenvalue weighted by Crippen LogP contribution is -2.39. The van der Waals surface area contributed by atoms with E-state index in [9.17, 15) is 8.42 Å². The molecule has 2 aromatic carbocycles. The predicted molar refractivity (Wildman–Crippen MR) is 104 cm³/mol. The fourth-order valence-electron chi connectivity index (χ4n) is 2.33. The topological polar surface area (TPSA) is 79.8 Å². The summed E-state index contributed by atoms with van der Waals surface area (Å²) < 4.78 is 28.5. The first-order chi connectivity index (χ1) is 12.4. The highest BCUT2D eigenvalue weighted by Crippen LogP contribution is 2.15. The average molecular weight is 375 g/mol. The molecule has 0 radical (unpaired) electrons. The van der Waals surface area contributed by atoms with Gasteiger partial charge in [-0.3, -0.25) is 4.99 Å². The van der Waals surface area contributed by atoms with Crippen LogP contribution in [0.3, 0.4) is 0 Å². The van der Waals surface area contributed by atoms with Gasteiger partial charge in [-0.05, 0) is 42.3 Å². The molecule has 0 amide bonds. The predicted octanol–water partition coefficient (Wildman–Crippen LogP) is 2.14. The summed E-state index contributed by atoms with van der Waals surface area (Å²) in [5, 5.41) is 6.45. The Morgan fingerprint density at radius 2 is 1.77 bits per heavy atom. The van der Waals surface area contributed by atoms with E-state index in [1.54, 1.807) is 31.3 Å². The van der Waals surface area contributed by atoms with Crippen molar-refractivity contribution in [3.05, 3.63) is 59.7 Å². The SMILES string of the molecule is CN=C(NCCOc1ccc(S(C)(=O)=O)cc1)NCc1ccccc1C. The van der Waals surface area contributed by atoms with Gasteiger partial charge in [0, 0.05) is 19.8 Å². The van der Waals surface area contributed by atoms with Gasteiger partial charge in [0.2, 0.25) is 0 Å². The second-order valence-electron chi connectivity index (χ2n) is 5.87. The highest BCUT2D eigenvalue weighted by molar-refractivity contribution is 7.90. The second-order valence-corrected chi connectivity index (χ2v) is 7.89. The number of nitrogens with one attached hydrogen (secondary N) is 2. The molecule has 0 unspecified atom stereocenters. The van der Waals surface area contributed by atoms with Gasteiger partial charge in [-0.1, -0.05) is 24.3 Å². The van der Waals surface area contributed by atoms with E-state index in [-0.39, 0.29) is 4.90 Å². The fraction of sp³-hybridized carbons (Fsp3) is 0.316. The van der Waals surface area contributed by atoms with Gasteiger partial charge in [-0.2, -0.15) is 0 Å². The summed E-state index contributed by atoms with van der Waals surface area (Å²) >= 11 is 0. The van der Waals surface area contributed by atoms with Gasteiger partial charge in [0.05, 0.1) is 11.4 Å². The Kier molecular flexibility index (Phi) is 7.03. The van der Waals surface area contributed by atoms with Crippen LogP contribution in [0.5, 0.6) is 5.75 Å². The van der Waals surface area contributed by atoms with Gasteiger partial charge >= 0.3 is 0 Å². The molecule has 0 aliphatic carbocycles. The highest BCUT2D eigenvalue weighted by Gasteiger charge is 2.06. The van der Waals surface area contributed by atoms with Crippen molar-refractivity contribution in [1.29, 1.82) is 0 Å². The van der Waals surface area contributed by atoms with Crippen molar-refractivity contribution >= 4 is 15.8 Å². The van der Waals surface area contributed by atoms with Crippen molar-refractivity contribution in [3.63, 3.8) is 0 Å². The van der Waals surface area contributed by atoms with Crippen LogP contribution < -0.4 is 15.4 Å². The van der Waals surface area contributed by atoms with E-state index < -0.39 is 9.84 Å². The molecule has 140 valence electrons. The van der Waals surface area contributed by atoms with E-state index in [2.05, 4.69) is 34.7 Å². The lowest BCUT2D eigenvalue weighted by Gasteiger charge is -2.13. The molecule has 0 spiro atoms. The third kappa shape index (κ3) is 6.07. The van der Waals surface area contributed by atoms with Crippen molar-refractivity contribution < 1.29 is 13.2 Å². The summed E-state index contributed by atoms with van der Waals surface area (Å²) in [7, 11) is -1.46. The molecule has 0 fully saturated rings. The van der Waals surface area contributed by atoms with Crippen molar-refractivity contribution in [1.82, 2.24) is 10.6 Å². The molecule has 0 saturated heterocycles. The zero-order chi connectivity index (χ0) is 19.0. The van der Waals surface area contributed by atoms with E-state index in [1.807, 2.05) is 12.1 Å². The van der Waals surface area contributed by atoms with E-state index in [0.717, 1.165) is 0 Å². The van der Waals surface area contributed by atoms with Gasteiger partial charge in [-0.15, -0.1) is 0 Å². The van der Waals surface area contributed by atoms with Gasteiger partial charge in [-0.25, -0.2) is 8.42 Å². The molecule has 6 nitrogen and oxygen atoms in total. The lowest BCUT2D eigenvalue weighted by molar-refractivity contribution is 0.321. The van der Waals surface area contributed by atoms with Crippen LogP contribution in [-0.2, 0) is 16.4 Å². The Morgan fingerprint density at radius 3 is 2.38 bits per heavy atom. The molecular formula is C19H25N3O3S. The van der Waals surface area contributed by atoms with Crippen LogP contribution in [0.1, 0.15) is 11.1 Å². The summed E-state index contributed by atoms with van der Waals surface area (Å²) in [6, 6.07) is 14.6. The first kappa shape index (κ1) is 19.8. The zero-order valence-corrected chi connectivity index (χ0v) is 16.1. The minimum atomic E-state index is -3.18. The standard InChI is InChI=1S/C19H25N3O3S/c1-15-6-4-5-7-16(15)14-22-19(20-2)21-12-13-25-17-8-10-18(11-9-17)26(3,23)24/h4-11H,12-14H2,1-3H3,(H2,20,21,22). The van der Waals surface area contributed by atoms with Crippen LogP contribution >= 0.6 is 0 Å². The number of nitrogens with zero attached hydrogens (tertiary/aromatic N) is 1. The third-order valence-corrected chi connectivity index (χ3v) is 4.97. The zero-order valence-electron chi connectivity index (χ0n) is 15.3. The van der Waals surface area contributed by atoms with Crippen molar-refractivity contribution in [3.8, 4) is 5.75 Å². The van der Waals surface area contributed by atoms with E-state index in [1.165, 1.54) is 17.4 Å². The Hall–Kier alpha value is -2.54. The van der Waals surface area contributed by atoms with Crippen molar-refractivity contribution in [2.24, 2.45) is 4.99 Å². The summed E-state index contributed by atoms with van der Waals surface area (Å²) in [6.07, 6.45) is 1.18. The minimum absolute atomic E-state index is 0.281. The molecule has 0 bridgehead atoms. The molecule has 2 aromatic rings. The number of benzene rings is 2. The molecule has 2 rings (SSSR count). The minimum Gasteiger partial charge on any atom is -0.492 e. The number of rotatable bonds is 7. The van der Waals surface area contributed by atoms with Crippen LogP contribution in [0, 0.1) is 6.92 Å². The lowest BCUT2D eigenvalue weighted by atomic mass is 10.1.